The van der Waals surface area contributed by atoms with E-state index in [1.807, 2.05) is 0 Å². The summed E-state index contributed by atoms with van der Waals surface area (Å²) in [7, 11) is 0. The van der Waals surface area contributed by atoms with Crippen LogP contribution in [0.4, 0.5) is 4.39 Å². The van der Waals surface area contributed by atoms with Gasteiger partial charge < -0.3 is 15.9 Å². The molecular formula is C10H14FNO2. The van der Waals surface area contributed by atoms with Crippen LogP contribution in [-0.4, -0.2) is 23.4 Å². The fourth-order valence-corrected chi connectivity index (χ4v) is 1.23. The Bertz CT molecular complexity index is 300. The second-order valence-corrected chi connectivity index (χ2v) is 3.27. The number of hydrogen-bond acceptors (Lipinski definition) is 3. The van der Waals surface area contributed by atoms with E-state index in [2.05, 4.69) is 0 Å². The van der Waals surface area contributed by atoms with E-state index in [-0.39, 0.29) is 18.3 Å². The standard InChI is InChI=1S/C10H14FNO2/c11-9-4-7(1-2-10(9)14)3-8(5-12)6-13/h1-2,4,8,13-14H,3,5-6,12H2. The SMILES string of the molecule is NCC(CO)Cc1ccc(O)c(F)c1. The molecule has 4 heteroatoms. The molecule has 0 heterocycles. The third-order valence-corrected chi connectivity index (χ3v) is 2.13. The van der Waals surface area contributed by atoms with Crippen molar-refractivity contribution in [2.75, 3.05) is 13.2 Å². The zero-order valence-corrected chi connectivity index (χ0v) is 7.78. The average molecular weight is 199 g/mol. The average Bonchev–Trinajstić information content (AvgIpc) is 2.19. The topological polar surface area (TPSA) is 66.5 Å². The van der Waals surface area contributed by atoms with Gasteiger partial charge in [-0.3, -0.25) is 0 Å². The molecule has 1 aromatic carbocycles. The fourth-order valence-electron chi connectivity index (χ4n) is 1.23. The molecular weight excluding hydrogens is 185 g/mol. The first-order chi connectivity index (χ1) is 6.67. The van der Waals surface area contributed by atoms with Gasteiger partial charge in [-0.2, -0.15) is 0 Å². The highest BCUT2D eigenvalue weighted by Gasteiger charge is 2.08. The number of phenols is 1. The van der Waals surface area contributed by atoms with Crippen LogP contribution in [-0.2, 0) is 6.42 Å². The Morgan fingerprint density at radius 3 is 2.64 bits per heavy atom. The van der Waals surface area contributed by atoms with E-state index in [1.165, 1.54) is 12.1 Å². The summed E-state index contributed by atoms with van der Waals surface area (Å²) in [5.41, 5.74) is 6.12. The third kappa shape index (κ3) is 2.68. The van der Waals surface area contributed by atoms with Crippen molar-refractivity contribution in [1.29, 1.82) is 0 Å². The van der Waals surface area contributed by atoms with Gasteiger partial charge in [-0.1, -0.05) is 6.07 Å². The van der Waals surface area contributed by atoms with E-state index in [1.54, 1.807) is 6.07 Å². The minimum atomic E-state index is -0.642. The maximum atomic E-state index is 12.9. The van der Waals surface area contributed by atoms with E-state index < -0.39 is 5.82 Å². The second-order valence-electron chi connectivity index (χ2n) is 3.27. The van der Waals surface area contributed by atoms with Crippen LogP contribution < -0.4 is 5.73 Å². The van der Waals surface area contributed by atoms with E-state index in [0.717, 1.165) is 5.56 Å². The highest BCUT2D eigenvalue weighted by Crippen LogP contribution is 2.18. The van der Waals surface area contributed by atoms with Gasteiger partial charge in [0.15, 0.2) is 11.6 Å². The molecule has 14 heavy (non-hydrogen) atoms. The summed E-state index contributed by atoms with van der Waals surface area (Å²) in [5.74, 6) is -1.06. The molecule has 0 aliphatic carbocycles. The first-order valence-electron chi connectivity index (χ1n) is 4.45. The molecule has 1 unspecified atom stereocenters. The van der Waals surface area contributed by atoms with Crippen molar-refractivity contribution in [2.45, 2.75) is 6.42 Å². The number of aliphatic hydroxyl groups excluding tert-OH is 1. The Labute approximate surface area is 82.0 Å². The number of nitrogens with two attached hydrogens (primary N) is 1. The van der Waals surface area contributed by atoms with Crippen LogP contribution >= 0.6 is 0 Å². The van der Waals surface area contributed by atoms with Crippen LogP contribution in [0, 0.1) is 11.7 Å². The van der Waals surface area contributed by atoms with Crippen molar-refractivity contribution in [3.8, 4) is 5.75 Å². The Hall–Kier alpha value is -1.13. The van der Waals surface area contributed by atoms with Gasteiger partial charge in [0.2, 0.25) is 0 Å². The summed E-state index contributed by atoms with van der Waals surface area (Å²) in [6, 6.07) is 4.18. The molecule has 4 N–H and O–H groups in total. The number of hydrogen-bond donors (Lipinski definition) is 3. The van der Waals surface area contributed by atoms with Gasteiger partial charge in [0.1, 0.15) is 0 Å². The molecule has 1 aromatic rings. The summed E-state index contributed by atoms with van der Waals surface area (Å²) in [4.78, 5) is 0. The molecule has 0 bridgehead atoms. The molecule has 0 aliphatic rings. The van der Waals surface area contributed by atoms with Gasteiger partial charge in [-0.05, 0) is 36.6 Å². The minimum absolute atomic E-state index is 0.0149. The smallest absolute Gasteiger partial charge is 0.165 e. The summed E-state index contributed by atoms with van der Waals surface area (Å²) < 4.78 is 12.9. The number of halogens is 1. The van der Waals surface area contributed by atoms with E-state index in [4.69, 9.17) is 15.9 Å². The molecule has 1 atom stereocenters. The van der Waals surface area contributed by atoms with Crippen LogP contribution in [0.25, 0.3) is 0 Å². The molecule has 0 amide bonds. The van der Waals surface area contributed by atoms with Crippen molar-refractivity contribution in [3.05, 3.63) is 29.6 Å². The summed E-state index contributed by atoms with van der Waals surface area (Å²) in [6.45, 7) is 0.345. The highest BCUT2D eigenvalue weighted by molar-refractivity contribution is 5.28. The lowest BCUT2D eigenvalue weighted by atomic mass is 10.0. The normalized spacial score (nSPS) is 12.8. The van der Waals surface area contributed by atoms with Crippen LogP contribution in [0.3, 0.4) is 0 Å². The molecule has 1 rings (SSSR count). The lowest BCUT2D eigenvalue weighted by molar-refractivity contribution is 0.229. The molecule has 0 aliphatic heterocycles. The molecule has 0 aromatic heterocycles. The first kappa shape index (κ1) is 10.9. The van der Waals surface area contributed by atoms with Gasteiger partial charge in [-0.25, -0.2) is 4.39 Å². The van der Waals surface area contributed by atoms with Gasteiger partial charge in [0.25, 0.3) is 0 Å². The number of aliphatic hydroxyl groups is 1. The molecule has 0 saturated heterocycles. The van der Waals surface area contributed by atoms with Gasteiger partial charge in [0.05, 0.1) is 0 Å². The predicted molar refractivity (Wildman–Crippen MR) is 51.4 cm³/mol. The van der Waals surface area contributed by atoms with E-state index in [9.17, 15) is 4.39 Å². The summed E-state index contributed by atoms with van der Waals surface area (Å²) in [6.07, 6.45) is 0.518. The quantitative estimate of drug-likeness (QED) is 0.666. The van der Waals surface area contributed by atoms with Gasteiger partial charge in [0, 0.05) is 6.61 Å². The highest BCUT2D eigenvalue weighted by atomic mass is 19.1. The molecule has 0 fully saturated rings. The van der Waals surface area contributed by atoms with Crippen molar-refractivity contribution >= 4 is 0 Å². The Kier molecular flexibility index (Phi) is 3.85. The van der Waals surface area contributed by atoms with Crippen LogP contribution in [0.1, 0.15) is 5.56 Å². The van der Waals surface area contributed by atoms with Crippen LogP contribution in [0.15, 0.2) is 18.2 Å². The lowest BCUT2D eigenvalue weighted by Crippen LogP contribution is -2.20. The summed E-state index contributed by atoms with van der Waals surface area (Å²) >= 11 is 0. The first-order valence-corrected chi connectivity index (χ1v) is 4.45. The van der Waals surface area contributed by atoms with E-state index >= 15 is 0 Å². The lowest BCUT2D eigenvalue weighted by Gasteiger charge is -2.11. The fraction of sp³-hybridized carbons (Fsp3) is 0.400. The van der Waals surface area contributed by atoms with E-state index in [0.29, 0.717) is 13.0 Å². The monoisotopic (exact) mass is 199 g/mol. The maximum absolute atomic E-state index is 12.9. The zero-order chi connectivity index (χ0) is 10.6. The number of phenolic OH excluding ortho intramolecular Hbond substituents is 1. The minimum Gasteiger partial charge on any atom is -0.505 e. The Morgan fingerprint density at radius 2 is 2.14 bits per heavy atom. The largest absolute Gasteiger partial charge is 0.505 e. The number of aromatic hydroxyl groups is 1. The van der Waals surface area contributed by atoms with Crippen molar-refractivity contribution in [2.24, 2.45) is 11.7 Å². The van der Waals surface area contributed by atoms with Crippen molar-refractivity contribution in [1.82, 2.24) is 0 Å². The maximum Gasteiger partial charge on any atom is 0.165 e. The molecule has 0 radical (unpaired) electrons. The molecule has 0 saturated carbocycles. The molecule has 0 spiro atoms. The van der Waals surface area contributed by atoms with Crippen molar-refractivity contribution in [3.63, 3.8) is 0 Å². The third-order valence-electron chi connectivity index (χ3n) is 2.13. The van der Waals surface area contributed by atoms with Gasteiger partial charge >= 0.3 is 0 Å². The summed E-state index contributed by atoms with van der Waals surface area (Å²) in [5, 5.41) is 17.8. The zero-order valence-electron chi connectivity index (χ0n) is 7.78. The number of rotatable bonds is 4. The van der Waals surface area contributed by atoms with Crippen LogP contribution in [0.5, 0.6) is 5.75 Å². The Morgan fingerprint density at radius 1 is 1.43 bits per heavy atom. The number of benzene rings is 1. The van der Waals surface area contributed by atoms with Gasteiger partial charge in [-0.15, -0.1) is 0 Å². The van der Waals surface area contributed by atoms with Crippen molar-refractivity contribution < 1.29 is 14.6 Å². The predicted octanol–water partition coefficient (Wildman–Crippen LogP) is 0.641. The molecule has 78 valence electrons. The second kappa shape index (κ2) is 4.93. The van der Waals surface area contributed by atoms with Crippen LogP contribution in [0.2, 0.25) is 0 Å². The Balaban J connectivity index is 2.72. The molecule has 3 nitrogen and oxygen atoms in total.